The van der Waals surface area contributed by atoms with Crippen molar-refractivity contribution in [3.8, 4) is 24.7 Å². The predicted molar refractivity (Wildman–Crippen MR) is 113 cm³/mol. The molecule has 0 saturated carbocycles. The monoisotopic (exact) mass is 391 g/mol. The molecule has 0 aliphatic carbocycles. The van der Waals surface area contributed by atoms with Crippen LogP contribution in [0.15, 0.2) is 0 Å². The maximum absolute atomic E-state index is 10.8. The zero-order valence-electron chi connectivity index (χ0n) is 16.6. The maximum atomic E-state index is 10.8. The summed E-state index contributed by atoms with van der Waals surface area (Å²) >= 11 is 0. The van der Waals surface area contributed by atoms with Crippen LogP contribution < -0.4 is 10.6 Å². The number of hydrogen-bond donors (Lipinski definition) is 4. The number of nitrogens with one attached hydrogen (secondary N) is 3. The molecule has 0 atom stereocenters. The van der Waals surface area contributed by atoms with E-state index in [1.807, 2.05) is 11.8 Å². The first-order valence-electron chi connectivity index (χ1n) is 8.50. The standard InChI is InChI=1S/C9H18B2N3O3.C5H7N2O.CH3BO/c1-4-9(15)12-5-7-14(11(3)17)8-6-13-10(2)16;1-2-5(8)7-4-3-6;1-2-3/h1,16-17H,5-8H2,2-3H3,(H,12,15);1,6H,3-4H2,(H,7,8);1H3/q2*-1;. The first-order valence-corrected chi connectivity index (χ1v) is 8.50. The van der Waals surface area contributed by atoms with Crippen LogP contribution in [-0.4, -0.2) is 87.2 Å². The van der Waals surface area contributed by atoms with Crippen molar-refractivity contribution in [3.05, 3.63) is 11.0 Å². The van der Waals surface area contributed by atoms with Gasteiger partial charge in [0, 0.05) is 13.1 Å². The van der Waals surface area contributed by atoms with E-state index in [0.717, 1.165) is 7.15 Å². The molecule has 0 aromatic rings. The summed E-state index contributed by atoms with van der Waals surface area (Å²) in [6.45, 7) is 6.92. The van der Waals surface area contributed by atoms with Crippen molar-refractivity contribution in [3.63, 3.8) is 0 Å². The number of nitrogens with zero attached hydrogens (tertiary/aromatic N) is 2. The van der Waals surface area contributed by atoms with Crippen LogP contribution in [0.3, 0.4) is 0 Å². The zero-order valence-corrected chi connectivity index (χ0v) is 16.6. The number of rotatable bonds is 10. The molecule has 13 heteroatoms. The van der Waals surface area contributed by atoms with Crippen molar-refractivity contribution in [2.75, 3.05) is 39.3 Å². The Bertz CT molecular complexity index is 509. The van der Waals surface area contributed by atoms with Gasteiger partial charge in [-0.3, -0.25) is 9.59 Å². The molecule has 0 fully saturated rings. The van der Waals surface area contributed by atoms with E-state index in [-0.39, 0.29) is 6.54 Å². The van der Waals surface area contributed by atoms with Crippen molar-refractivity contribution in [2.45, 2.75) is 20.5 Å². The molecule has 154 valence electrons. The van der Waals surface area contributed by atoms with Gasteiger partial charge in [0.1, 0.15) is 0 Å². The molecule has 0 aromatic carbocycles. The molecule has 0 unspecified atom stereocenters. The molecule has 0 aliphatic rings. The van der Waals surface area contributed by atoms with E-state index in [1.165, 1.54) is 6.82 Å². The number of carbonyl (C=O) groups excluding carboxylic acids is 2. The van der Waals surface area contributed by atoms with Crippen molar-refractivity contribution in [1.29, 1.82) is 0 Å². The second-order valence-electron chi connectivity index (χ2n) is 4.99. The molecule has 0 aliphatic heterocycles. The van der Waals surface area contributed by atoms with Crippen LogP contribution in [0.1, 0.15) is 0 Å². The number of hydrogen-bond acceptors (Lipinski definition) is 6. The fraction of sp³-hybridized carbons (Fsp3) is 0.600. The fourth-order valence-corrected chi connectivity index (χ4v) is 1.45. The summed E-state index contributed by atoms with van der Waals surface area (Å²) < 4.78 is 8.81. The van der Waals surface area contributed by atoms with E-state index in [9.17, 15) is 14.6 Å². The van der Waals surface area contributed by atoms with E-state index in [1.54, 1.807) is 18.5 Å². The summed E-state index contributed by atoms with van der Waals surface area (Å²) in [4.78, 5) is 22.7. The molecule has 0 bridgehead atoms. The van der Waals surface area contributed by atoms with E-state index in [4.69, 9.17) is 21.9 Å². The van der Waals surface area contributed by atoms with Crippen LogP contribution >= 0.6 is 0 Å². The summed E-state index contributed by atoms with van der Waals surface area (Å²) in [5.41, 5.74) is 6.59. The summed E-state index contributed by atoms with van der Waals surface area (Å²) in [6, 6.07) is 0. The quantitative estimate of drug-likeness (QED) is 0.263. The van der Waals surface area contributed by atoms with Crippen molar-refractivity contribution >= 4 is 33.1 Å². The van der Waals surface area contributed by atoms with Crippen LogP contribution in [0.25, 0.3) is 11.0 Å². The summed E-state index contributed by atoms with van der Waals surface area (Å²) in [5.74, 6) is 2.89. The normalized spacial score (nSPS) is 8.46. The molecule has 0 rings (SSSR count). The van der Waals surface area contributed by atoms with Gasteiger partial charge in [0.05, 0.1) is 0 Å². The van der Waals surface area contributed by atoms with Crippen molar-refractivity contribution < 1.29 is 24.3 Å². The third kappa shape index (κ3) is 26.1. The summed E-state index contributed by atoms with van der Waals surface area (Å²) in [6.07, 6.45) is 9.58. The number of carbonyl (C=O) groups is 2. The van der Waals surface area contributed by atoms with Crippen LogP contribution in [-0.2, 0) is 14.3 Å². The van der Waals surface area contributed by atoms with Gasteiger partial charge in [-0.15, -0.1) is 25.9 Å². The predicted octanol–water partition coefficient (Wildman–Crippen LogP) is -1.50. The number of terminal acetylenes is 2. The average Bonchev–Trinajstić information content (AvgIpc) is 2.65. The average molecular weight is 391 g/mol. The molecule has 10 nitrogen and oxygen atoms in total. The summed E-state index contributed by atoms with van der Waals surface area (Å²) in [7, 11) is -0.589. The van der Waals surface area contributed by atoms with Crippen LogP contribution in [0.5, 0.6) is 0 Å². The van der Waals surface area contributed by atoms with Gasteiger partial charge in [-0.2, -0.15) is 0 Å². The minimum absolute atomic E-state index is 0.174. The van der Waals surface area contributed by atoms with E-state index in [0.29, 0.717) is 32.7 Å². The molecule has 2 amide bonds. The Morgan fingerprint density at radius 3 is 1.96 bits per heavy atom. The van der Waals surface area contributed by atoms with Gasteiger partial charge >= 0.3 is 25.7 Å². The van der Waals surface area contributed by atoms with E-state index >= 15 is 0 Å². The Hall–Kier alpha value is -2.15. The molecule has 0 saturated heterocycles. The van der Waals surface area contributed by atoms with Crippen LogP contribution in [0.2, 0.25) is 20.5 Å². The third-order valence-electron chi connectivity index (χ3n) is 2.67. The van der Waals surface area contributed by atoms with Gasteiger partial charge in [-0.05, 0) is 31.8 Å². The van der Waals surface area contributed by atoms with Gasteiger partial charge in [0.25, 0.3) is 11.8 Å². The van der Waals surface area contributed by atoms with Gasteiger partial charge in [-0.1, -0.05) is 6.82 Å². The van der Waals surface area contributed by atoms with Gasteiger partial charge in [0.15, 0.2) is 7.05 Å². The molecule has 5 N–H and O–H groups in total. The molecular weight excluding hydrogens is 363 g/mol. The van der Waals surface area contributed by atoms with Gasteiger partial charge in [-0.25, -0.2) is 0 Å². The Morgan fingerprint density at radius 1 is 1.14 bits per heavy atom. The molecule has 0 aromatic heterocycles. The zero-order chi connectivity index (χ0) is 22.4. The van der Waals surface area contributed by atoms with E-state index < -0.39 is 25.9 Å². The minimum atomic E-state index is -0.702. The van der Waals surface area contributed by atoms with Gasteiger partial charge < -0.3 is 36.5 Å². The molecule has 0 spiro atoms. The number of amides is 2. The van der Waals surface area contributed by atoms with Crippen LogP contribution in [0.4, 0.5) is 0 Å². The SMILES string of the molecule is C#CC(=O)NCCN(CC[N-]B(C)O)B(C)O.C#CC(=O)NCC[NH-].CB=O. The molecular formula is C15H28B3N5O5-2. The molecule has 0 heterocycles. The second-order valence-corrected chi connectivity index (χ2v) is 4.99. The molecule has 28 heavy (non-hydrogen) atoms. The Kier molecular flexibility index (Phi) is 25.0. The first-order chi connectivity index (χ1) is 13.2. The Morgan fingerprint density at radius 2 is 1.61 bits per heavy atom. The first kappa shape index (κ1) is 30.6. The Labute approximate surface area is 168 Å². The van der Waals surface area contributed by atoms with Crippen LogP contribution in [0, 0.1) is 24.7 Å². The Balaban J connectivity index is -0.000000471. The molecule has 0 radical (unpaired) electrons. The summed E-state index contributed by atoms with van der Waals surface area (Å²) in [5, 5.41) is 27.1. The van der Waals surface area contributed by atoms with Crippen molar-refractivity contribution in [2.24, 2.45) is 0 Å². The van der Waals surface area contributed by atoms with Crippen molar-refractivity contribution in [1.82, 2.24) is 15.4 Å². The van der Waals surface area contributed by atoms with Gasteiger partial charge in [0.2, 0.25) is 0 Å². The second kappa shape index (κ2) is 22.9. The fourth-order valence-electron chi connectivity index (χ4n) is 1.45. The topological polar surface area (TPSA) is 157 Å². The third-order valence-corrected chi connectivity index (χ3v) is 2.67. The van der Waals surface area contributed by atoms with E-state index in [2.05, 4.69) is 22.3 Å².